The average molecular weight is 261 g/mol. The Morgan fingerprint density at radius 3 is 2.83 bits per heavy atom. The summed E-state index contributed by atoms with van der Waals surface area (Å²) in [6.07, 6.45) is 1.73. The summed E-state index contributed by atoms with van der Waals surface area (Å²) in [5.41, 5.74) is 1.05. The SMILES string of the molecule is Cc1ccc(CNC(=S)Nc2ncccc2C)o1. The van der Waals surface area contributed by atoms with Crippen molar-refractivity contribution in [3.63, 3.8) is 0 Å². The molecule has 0 spiro atoms. The quantitative estimate of drug-likeness (QED) is 0.832. The van der Waals surface area contributed by atoms with Crippen LogP contribution >= 0.6 is 12.2 Å². The van der Waals surface area contributed by atoms with Crippen molar-refractivity contribution in [2.45, 2.75) is 20.4 Å². The van der Waals surface area contributed by atoms with Crippen LogP contribution < -0.4 is 10.6 Å². The van der Waals surface area contributed by atoms with E-state index in [0.29, 0.717) is 11.7 Å². The number of anilines is 1. The van der Waals surface area contributed by atoms with Gasteiger partial charge in [0.05, 0.1) is 6.54 Å². The highest BCUT2D eigenvalue weighted by Crippen LogP contribution is 2.09. The number of pyridine rings is 1. The van der Waals surface area contributed by atoms with E-state index in [-0.39, 0.29) is 0 Å². The molecule has 0 amide bonds. The molecule has 0 atom stereocenters. The minimum absolute atomic E-state index is 0.533. The molecule has 0 bridgehead atoms. The Hall–Kier alpha value is -1.88. The lowest BCUT2D eigenvalue weighted by molar-refractivity contribution is 0.478. The fraction of sp³-hybridized carbons (Fsp3) is 0.231. The molecule has 18 heavy (non-hydrogen) atoms. The fourth-order valence-corrected chi connectivity index (χ4v) is 1.68. The van der Waals surface area contributed by atoms with Crippen molar-refractivity contribution >= 4 is 23.1 Å². The molecule has 2 aromatic heterocycles. The van der Waals surface area contributed by atoms with Gasteiger partial charge in [-0.15, -0.1) is 0 Å². The minimum Gasteiger partial charge on any atom is -0.465 e. The van der Waals surface area contributed by atoms with Gasteiger partial charge < -0.3 is 15.1 Å². The molecule has 0 fully saturated rings. The first kappa shape index (κ1) is 12.6. The van der Waals surface area contributed by atoms with Crippen LogP contribution in [0.4, 0.5) is 5.82 Å². The Balaban J connectivity index is 1.88. The first-order chi connectivity index (χ1) is 8.65. The zero-order chi connectivity index (χ0) is 13.0. The smallest absolute Gasteiger partial charge is 0.172 e. The lowest BCUT2D eigenvalue weighted by atomic mass is 10.3. The van der Waals surface area contributed by atoms with Gasteiger partial charge >= 0.3 is 0 Å². The Bertz CT molecular complexity index is 551. The molecule has 0 aliphatic heterocycles. The molecule has 2 N–H and O–H groups in total. The Morgan fingerprint density at radius 1 is 1.33 bits per heavy atom. The molecule has 4 nitrogen and oxygen atoms in total. The maximum Gasteiger partial charge on any atom is 0.172 e. The van der Waals surface area contributed by atoms with Crippen LogP contribution in [-0.2, 0) is 6.54 Å². The molecule has 2 heterocycles. The van der Waals surface area contributed by atoms with Crippen molar-refractivity contribution in [1.82, 2.24) is 10.3 Å². The van der Waals surface area contributed by atoms with E-state index in [1.807, 2.05) is 38.1 Å². The number of hydrogen-bond acceptors (Lipinski definition) is 3. The standard InChI is InChI=1S/C13H15N3OS/c1-9-4-3-7-14-12(9)16-13(18)15-8-11-6-5-10(2)17-11/h3-7H,8H2,1-2H3,(H2,14,15,16,18). The summed E-state index contributed by atoms with van der Waals surface area (Å²) in [5.74, 6) is 2.52. The zero-order valence-corrected chi connectivity index (χ0v) is 11.2. The van der Waals surface area contributed by atoms with Gasteiger partial charge in [0.15, 0.2) is 5.11 Å². The first-order valence-electron chi connectivity index (χ1n) is 5.67. The van der Waals surface area contributed by atoms with E-state index >= 15 is 0 Å². The number of aryl methyl sites for hydroxylation is 2. The van der Waals surface area contributed by atoms with Gasteiger partial charge in [0.1, 0.15) is 17.3 Å². The van der Waals surface area contributed by atoms with Gasteiger partial charge in [0.2, 0.25) is 0 Å². The lowest BCUT2D eigenvalue weighted by Crippen LogP contribution is -2.28. The third-order valence-electron chi connectivity index (χ3n) is 2.46. The Morgan fingerprint density at radius 2 is 2.17 bits per heavy atom. The van der Waals surface area contributed by atoms with E-state index < -0.39 is 0 Å². The summed E-state index contributed by atoms with van der Waals surface area (Å²) in [6, 6.07) is 7.73. The van der Waals surface area contributed by atoms with E-state index in [9.17, 15) is 0 Å². The van der Waals surface area contributed by atoms with E-state index in [0.717, 1.165) is 22.9 Å². The van der Waals surface area contributed by atoms with Gasteiger partial charge in [0, 0.05) is 6.20 Å². The van der Waals surface area contributed by atoms with Gasteiger partial charge in [0.25, 0.3) is 0 Å². The molecule has 94 valence electrons. The van der Waals surface area contributed by atoms with Crippen LogP contribution in [0.1, 0.15) is 17.1 Å². The number of nitrogens with one attached hydrogen (secondary N) is 2. The predicted octanol–water partition coefficient (Wildman–Crippen LogP) is 2.78. The second-order valence-corrected chi connectivity index (χ2v) is 4.40. The van der Waals surface area contributed by atoms with Crippen molar-refractivity contribution in [2.75, 3.05) is 5.32 Å². The third-order valence-corrected chi connectivity index (χ3v) is 2.71. The predicted molar refractivity (Wildman–Crippen MR) is 75.5 cm³/mol. The van der Waals surface area contributed by atoms with Crippen LogP contribution in [0.25, 0.3) is 0 Å². The van der Waals surface area contributed by atoms with Crippen molar-refractivity contribution in [1.29, 1.82) is 0 Å². The maximum absolute atomic E-state index is 5.44. The number of nitrogens with zero attached hydrogens (tertiary/aromatic N) is 1. The van der Waals surface area contributed by atoms with E-state index in [1.165, 1.54) is 0 Å². The third kappa shape index (κ3) is 3.30. The topological polar surface area (TPSA) is 50.1 Å². The van der Waals surface area contributed by atoms with Crippen LogP contribution in [0.5, 0.6) is 0 Å². The number of aromatic nitrogens is 1. The molecule has 2 aromatic rings. The van der Waals surface area contributed by atoms with Crippen LogP contribution in [0.2, 0.25) is 0 Å². The van der Waals surface area contributed by atoms with E-state index in [1.54, 1.807) is 6.20 Å². The molecule has 0 saturated carbocycles. The summed E-state index contributed by atoms with van der Waals surface area (Å²) in [7, 11) is 0. The molecule has 0 aliphatic carbocycles. The molecular formula is C13H15N3OS. The second kappa shape index (κ2) is 5.64. The lowest BCUT2D eigenvalue weighted by Gasteiger charge is -2.10. The highest BCUT2D eigenvalue weighted by atomic mass is 32.1. The average Bonchev–Trinajstić information content (AvgIpc) is 2.76. The highest BCUT2D eigenvalue weighted by Gasteiger charge is 2.03. The molecule has 0 unspecified atom stereocenters. The Labute approximate surface area is 111 Å². The van der Waals surface area contributed by atoms with E-state index in [2.05, 4.69) is 15.6 Å². The van der Waals surface area contributed by atoms with Gasteiger partial charge in [-0.05, 0) is 49.8 Å². The number of hydrogen-bond donors (Lipinski definition) is 2. The summed E-state index contributed by atoms with van der Waals surface area (Å²) < 4.78 is 5.44. The minimum atomic E-state index is 0.533. The second-order valence-electron chi connectivity index (χ2n) is 3.99. The molecule has 5 heteroatoms. The van der Waals surface area contributed by atoms with Crippen molar-refractivity contribution in [2.24, 2.45) is 0 Å². The zero-order valence-electron chi connectivity index (χ0n) is 10.4. The van der Waals surface area contributed by atoms with Crippen LogP contribution in [0.3, 0.4) is 0 Å². The van der Waals surface area contributed by atoms with Crippen LogP contribution in [-0.4, -0.2) is 10.1 Å². The highest BCUT2D eigenvalue weighted by molar-refractivity contribution is 7.80. The van der Waals surface area contributed by atoms with Crippen molar-refractivity contribution < 1.29 is 4.42 Å². The molecule has 0 aliphatic rings. The summed E-state index contributed by atoms with van der Waals surface area (Å²) in [6.45, 7) is 4.46. The van der Waals surface area contributed by atoms with Crippen molar-refractivity contribution in [3.8, 4) is 0 Å². The largest absolute Gasteiger partial charge is 0.465 e. The summed E-state index contributed by atoms with van der Waals surface area (Å²) >= 11 is 5.20. The van der Waals surface area contributed by atoms with Crippen LogP contribution in [0, 0.1) is 13.8 Å². The first-order valence-corrected chi connectivity index (χ1v) is 6.08. The molecule has 2 rings (SSSR count). The van der Waals surface area contributed by atoms with Gasteiger partial charge in [-0.25, -0.2) is 4.98 Å². The maximum atomic E-state index is 5.44. The number of furan rings is 1. The number of thiocarbonyl (C=S) groups is 1. The monoisotopic (exact) mass is 261 g/mol. The van der Waals surface area contributed by atoms with Gasteiger partial charge in [-0.1, -0.05) is 6.07 Å². The molecule has 0 aromatic carbocycles. The van der Waals surface area contributed by atoms with Gasteiger partial charge in [-0.3, -0.25) is 0 Å². The summed E-state index contributed by atoms with van der Waals surface area (Å²) in [4.78, 5) is 4.22. The Kier molecular flexibility index (Phi) is 3.94. The molecular weight excluding hydrogens is 246 g/mol. The normalized spacial score (nSPS) is 10.1. The van der Waals surface area contributed by atoms with Gasteiger partial charge in [-0.2, -0.15) is 0 Å². The fourth-order valence-electron chi connectivity index (χ4n) is 1.52. The summed E-state index contributed by atoms with van der Waals surface area (Å²) in [5, 5.41) is 6.66. The van der Waals surface area contributed by atoms with Crippen molar-refractivity contribution in [3.05, 3.63) is 47.5 Å². The molecule has 0 radical (unpaired) electrons. The number of rotatable bonds is 3. The van der Waals surface area contributed by atoms with E-state index in [4.69, 9.17) is 16.6 Å². The van der Waals surface area contributed by atoms with Crippen LogP contribution in [0.15, 0.2) is 34.9 Å². The molecule has 0 saturated heterocycles.